The molecule has 1 aromatic rings. The molecule has 0 amide bonds. The number of aryl methyl sites for hydroxylation is 1. The van der Waals surface area contributed by atoms with Crippen molar-refractivity contribution in [3.8, 4) is 0 Å². The number of unbranched alkanes of at least 4 members (excludes halogenated alkanes) is 3. The fourth-order valence-electron chi connectivity index (χ4n) is 1.73. The van der Waals surface area contributed by atoms with Crippen LogP contribution in [0, 0.1) is 0 Å². The largest absolute Gasteiger partial charge is 0.380 e. The van der Waals surface area contributed by atoms with Gasteiger partial charge in [-0.25, -0.2) is 0 Å². The first-order valence-corrected chi connectivity index (χ1v) is 5.97. The zero-order valence-electron chi connectivity index (χ0n) is 10.2. The van der Waals surface area contributed by atoms with E-state index in [2.05, 4.69) is 24.3 Å². The summed E-state index contributed by atoms with van der Waals surface area (Å²) < 4.78 is 1.83. The van der Waals surface area contributed by atoms with Gasteiger partial charge in [-0.2, -0.15) is 5.10 Å². The highest BCUT2D eigenvalue weighted by Crippen LogP contribution is 2.11. The fourth-order valence-corrected chi connectivity index (χ4v) is 1.73. The molecule has 3 nitrogen and oxygen atoms in total. The fraction of sp³-hybridized carbons (Fsp3) is 0.750. The molecule has 0 aromatic carbocycles. The number of nitrogens with one attached hydrogen (secondary N) is 1. The van der Waals surface area contributed by atoms with Crippen molar-refractivity contribution in [2.45, 2.75) is 52.0 Å². The van der Waals surface area contributed by atoms with Crippen LogP contribution in [-0.2, 0) is 7.05 Å². The first-order valence-electron chi connectivity index (χ1n) is 5.97. The van der Waals surface area contributed by atoms with Crippen molar-refractivity contribution in [3.05, 3.63) is 12.4 Å². The second kappa shape index (κ2) is 6.49. The molecule has 1 heterocycles. The van der Waals surface area contributed by atoms with Gasteiger partial charge in [-0.05, 0) is 13.3 Å². The number of aromatic nitrogens is 2. The lowest BCUT2D eigenvalue weighted by atomic mass is 10.1. The van der Waals surface area contributed by atoms with Crippen LogP contribution < -0.4 is 5.32 Å². The highest BCUT2D eigenvalue weighted by molar-refractivity contribution is 5.38. The average Bonchev–Trinajstić information content (AvgIpc) is 2.59. The van der Waals surface area contributed by atoms with E-state index < -0.39 is 0 Å². The first-order chi connectivity index (χ1) is 7.22. The van der Waals surface area contributed by atoms with Crippen LogP contribution in [0.1, 0.15) is 46.0 Å². The third kappa shape index (κ3) is 4.86. The molecule has 1 N–H and O–H groups in total. The van der Waals surface area contributed by atoms with Gasteiger partial charge in [0.1, 0.15) is 0 Å². The Bertz CT molecular complexity index is 268. The molecular formula is C12H23N3. The van der Waals surface area contributed by atoms with Crippen LogP contribution in [0.25, 0.3) is 0 Å². The zero-order chi connectivity index (χ0) is 11.1. The van der Waals surface area contributed by atoms with Gasteiger partial charge < -0.3 is 5.32 Å². The molecule has 0 unspecified atom stereocenters. The van der Waals surface area contributed by atoms with Crippen molar-refractivity contribution in [2.75, 3.05) is 5.32 Å². The van der Waals surface area contributed by atoms with Crippen molar-refractivity contribution < 1.29 is 0 Å². The summed E-state index contributed by atoms with van der Waals surface area (Å²) in [4.78, 5) is 0. The van der Waals surface area contributed by atoms with Gasteiger partial charge in [-0.15, -0.1) is 0 Å². The zero-order valence-corrected chi connectivity index (χ0v) is 10.2. The molecule has 86 valence electrons. The summed E-state index contributed by atoms with van der Waals surface area (Å²) >= 11 is 0. The standard InChI is InChI=1S/C12H23N3/c1-4-5-6-7-8-11(2)14-12-9-13-15(3)10-12/h9-11,14H,4-8H2,1-3H3/t11-/m1/s1. The van der Waals surface area contributed by atoms with Crippen molar-refractivity contribution in [1.82, 2.24) is 9.78 Å². The van der Waals surface area contributed by atoms with Gasteiger partial charge in [0.15, 0.2) is 0 Å². The van der Waals surface area contributed by atoms with Crippen molar-refractivity contribution >= 4 is 5.69 Å². The van der Waals surface area contributed by atoms with Crippen molar-refractivity contribution in [3.63, 3.8) is 0 Å². The molecule has 0 aliphatic heterocycles. The van der Waals surface area contributed by atoms with E-state index in [4.69, 9.17) is 0 Å². The number of anilines is 1. The van der Waals surface area contributed by atoms with Gasteiger partial charge in [0, 0.05) is 19.3 Å². The summed E-state index contributed by atoms with van der Waals surface area (Å²) in [6.07, 6.45) is 10.5. The molecule has 0 aliphatic carbocycles. The molecule has 1 rings (SSSR count). The van der Waals surface area contributed by atoms with Crippen LogP contribution in [0.15, 0.2) is 12.4 Å². The molecule has 0 aliphatic rings. The molecule has 1 aromatic heterocycles. The van der Waals surface area contributed by atoms with Gasteiger partial charge in [0.25, 0.3) is 0 Å². The Hall–Kier alpha value is -0.990. The Morgan fingerprint density at radius 1 is 1.40 bits per heavy atom. The molecule has 3 heteroatoms. The van der Waals surface area contributed by atoms with E-state index in [0.717, 1.165) is 5.69 Å². The Balaban J connectivity index is 2.15. The maximum atomic E-state index is 4.13. The molecule has 15 heavy (non-hydrogen) atoms. The van der Waals surface area contributed by atoms with E-state index in [-0.39, 0.29) is 0 Å². The van der Waals surface area contributed by atoms with E-state index in [9.17, 15) is 0 Å². The van der Waals surface area contributed by atoms with E-state index in [1.54, 1.807) is 0 Å². The van der Waals surface area contributed by atoms with Crippen LogP contribution in [0.4, 0.5) is 5.69 Å². The smallest absolute Gasteiger partial charge is 0.0728 e. The molecule has 0 saturated heterocycles. The molecule has 0 saturated carbocycles. The van der Waals surface area contributed by atoms with Crippen LogP contribution in [0.5, 0.6) is 0 Å². The average molecular weight is 209 g/mol. The van der Waals surface area contributed by atoms with E-state index >= 15 is 0 Å². The van der Waals surface area contributed by atoms with Crippen LogP contribution in [0.3, 0.4) is 0 Å². The normalized spacial score (nSPS) is 12.7. The second-order valence-corrected chi connectivity index (χ2v) is 4.30. The summed E-state index contributed by atoms with van der Waals surface area (Å²) in [6, 6.07) is 0.547. The van der Waals surface area contributed by atoms with Gasteiger partial charge in [0.05, 0.1) is 11.9 Å². The summed E-state index contributed by atoms with van der Waals surface area (Å²) in [5.74, 6) is 0. The lowest BCUT2D eigenvalue weighted by Crippen LogP contribution is -2.14. The Labute approximate surface area is 92.9 Å². The molecule has 1 atom stereocenters. The maximum Gasteiger partial charge on any atom is 0.0728 e. The maximum absolute atomic E-state index is 4.13. The second-order valence-electron chi connectivity index (χ2n) is 4.30. The topological polar surface area (TPSA) is 29.9 Å². The summed E-state index contributed by atoms with van der Waals surface area (Å²) in [6.45, 7) is 4.48. The molecule has 0 bridgehead atoms. The van der Waals surface area contributed by atoms with Gasteiger partial charge in [0.2, 0.25) is 0 Å². The van der Waals surface area contributed by atoms with Crippen molar-refractivity contribution in [1.29, 1.82) is 0 Å². The predicted molar refractivity (Wildman–Crippen MR) is 65.1 cm³/mol. The minimum absolute atomic E-state index is 0.547. The van der Waals surface area contributed by atoms with Gasteiger partial charge >= 0.3 is 0 Å². The minimum Gasteiger partial charge on any atom is -0.380 e. The number of hydrogen-bond acceptors (Lipinski definition) is 2. The number of rotatable bonds is 7. The van der Waals surface area contributed by atoms with Crippen molar-refractivity contribution in [2.24, 2.45) is 7.05 Å². The lowest BCUT2D eigenvalue weighted by Gasteiger charge is -2.12. The molecular weight excluding hydrogens is 186 g/mol. The van der Waals surface area contributed by atoms with Gasteiger partial charge in [-0.3, -0.25) is 4.68 Å². The molecule has 0 fully saturated rings. The van der Waals surface area contributed by atoms with Crippen LogP contribution in [0.2, 0.25) is 0 Å². The monoisotopic (exact) mass is 209 g/mol. The summed E-state index contributed by atoms with van der Waals surface area (Å²) in [5, 5.41) is 7.59. The number of nitrogens with zero attached hydrogens (tertiary/aromatic N) is 2. The third-order valence-corrected chi connectivity index (χ3v) is 2.61. The number of hydrogen-bond donors (Lipinski definition) is 1. The van der Waals surface area contributed by atoms with E-state index in [1.807, 2.05) is 24.1 Å². The SMILES string of the molecule is CCCCCC[C@@H](C)Nc1cnn(C)c1. The minimum atomic E-state index is 0.547. The van der Waals surface area contributed by atoms with Gasteiger partial charge in [-0.1, -0.05) is 32.6 Å². The Morgan fingerprint density at radius 2 is 2.20 bits per heavy atom. The van der Waals surface area contributed by atoms with E-state index in [1.165, 1.54) is 32.1 Å². The summed E-state index contributed by atoms with van der Waals surface area (Å²) in [7, 11) is 1.94. The molecule has 0 radical (unpaired) electrons. The Morgan fingerprint density at radius 3 is 2.80 bits per heavy atom. The quantitative estimate of drug-likeness (QED) is 0.699. The summed E-state index contributed by atoms with van der Waals surface area (Å²) in [5.41, 5.74) is 1.13. The van der Waals surface area contributed by atoms with Crippen LogP contribution >= 0.6 is 0 Å². The molecule has 0 spiro atoms. The van der Waals surface area contributed by atoms with Crippen LogP contribution in [-0.4, -0.2) is 15.8 Å². The lowest BCUT2D eigenvalue weighted by molar-refractivity contribution is 0.594. The highest BCUT2D eigenvalue weighted by atomic mass is 15.3. The first kappa shape index (κ1) is 12.1. The predicted octanol–water partition coefficient (Wildman–Crippen LogP) is 3.19. The Kier molecular flexibility index (Phi) is 5.22. The third-order valence-electron chi connectivity index (χ3n) is 2.61. The highest BCUT2D eigenvalue weighted by Gasteiger charge is 2.02. The van der Waals surface area contributed by atoms with E-state index in [0.29, 0.717) is 6.04 Å².